The number of ether oxygens (including phenoxy) is 1. The van der Waals surface area contributed by atoms with Crippen molar-refractivity contribution < 1.29 is 4.74 Å². The van der Waals surface area contributed by atoms with Crippen molar-refractivity contribution >= 4 is 5.84 Å². The van der Waals surface area contributed by atoms with Gasteiger partial charge in [-0.25, -0.2) is 0 Å². The zero-order valence-electron chi connectivity index (χ0n) is 11.1. The van der Waals surface area contributed by atoms with E-state index in [1.807, 2.05) is 0 Å². The molecule has 1 aliphatic heterocycles. The molecule has 98 valence electrons. The summed E-state index contributed by atoms with van der Waals surface area (Å²) >= 11 is 0. The Kier molecular flexibility index (Phi) is 4.84. The van der Waals surface area contributed by atoms with Gasteiger partial charge in [0.25, 0.3) is 0 Å². The van der Waals surface area contributed by atoms with Crippen LogP contribution in [0.1, 0.15) is 44.9 Å². The summed E-state index contributed by atoms with van der Waals surface area (Å²) in [5.41, 5.74) is 0. The van der Waals surface area contributed by atoms with Crippen molar-refractivity contribution in [2.45, 2.75) is 44.9 Å². The zero-order chi connectivity index (χ0) is 12.1. The van der Waals surface area contributed by atoms with Crippen molar-refractivity contribution in [3.63, 3.8) is 0 Å². The first-order valence-electron chi connectivity index (χ1n) is 7.14. The molecule has 0 unspecified atom stereocenters. The van der Waals surface area contributed by atoms with Crippen LogP contribution >= 0.6 is 0 Å². The Morgan fingerprint density at radius 1 is 1.12 bits per heavy atom. The molecule has 2 fully saturated rings. The van der Waals surface area contributed by atoms with Crippen LogP contribution in [0.4, 0.5) is 0 Å². The van der Waals surface area contributed by atoms with Crippen LogP contribution in [-0.4, -0.2) is 37.5 Å². The van der Waals surface area contributed by atoms with Crippen LogP contribution in [-0.2, 0) is 4.74 Å². The van der Waals surface area contributed by atoms with Gasteiger partial charge in [-0.2, -0.15) is 0 Å². The Hall–Kier alpha value is -0.570. The molecule has 0 spiro atoms. The minimum atomic E-state index is 0.536. The predicted molar refractivity (Wildman–Crippen MR) is 70.5 cm³/mol. The SMILES string of the molecule is CN(CC1CCOCC1)C(=N)C1CCCCC1. The fourth-order valence-electron chi connectivity index (χ4n) is 3.10. The molecule has 2 rings (SSSR count). The van der Waals surface area contributed by atoms with Gasteiger partial charge >= 0.3 is 0 Å². The highest BCUT2D eigenvalue weighted by molar-refractivity contribution is 5.81. The highest BCUT2D eigenvalue weighted by Gasteiger charge is 2.23. The van der Waals surface area contributed by atoms with E-state index in [0.717, 1.165) is 31.5 Å². The molecule has 3 heteroatoms. The van der Waals surface area contributed by atoms with Gasteiger partial charge in [0.15, 0.2) is 0 Å². The van der Waals surface area contributed by atoms with Gasteiger partial charge in [0.1, 0.15) is 0 Å². The number of hydrogen-bond acceptors (Lipinski definition) is 2. The molecule has 0 atom stereocenters. The van der Waals surface area contributed by atoms with Gasteiger partial charge in [-0.05, 0) is 31.6 Å². The minimum absolute atomic E-state index is 0.536. The quantitative estimate of drug-likeness (QED) is 0.606. The average Bonchev–Trinajstić information content (AvgIpc) is 2.40. The molecular formula is C14H26N2O. The van der Waals surface area contributed by atoms with E-state index in [9.17, 15) is 0 Å². The van der Waals surface area contributed by atoms with Crippen LogP contribution in [0.3, 0.4) is 0 Å². The summed E-state index contributed by atoms with van der Waals surface area (Å²) in [5, 5.41) is 8.30. The Balaban J connectivity index is 1.77. The number of hydrogen-bond donors (Lipinski definition) is 1. The van der Waals surface area contributed by atoms with E-state index in [1.54, 1.807) is 0 Å². The topological polar surface area (TPSA) is 36.3 Å². The average molecular weight is 238 g/mol. The van der Waals surface area contributed by atoms with Crippen LogP contribution in [0.15, 0.2) is 0 Å². The number of rotatable bonds is 3. The van der Waals surface area contributed by atoms with Crippen molar-refractivity contribution in [2.24, 2.45) is 11.8 Å². The van der Waals surface area contributed by atoms with Gasteiger partial charge in [-0.15, -0.1) is 0 Å². The smallest absolute Gasteiger partial charge is 0.0986 e. The first kappa shape index (κ1) is 12.9. The maximum Gasteiger partial charge on any atom is 0.0986 e. The van der Waals surface area contributed by atoms with E-state index in [-0.39, 0.29) is 0 Å². The second-order valence-corrected chi connectivity index (χ2v) is 5.66. The van der Waals surface area contributed by atoms with Crippen molar-refractivity contribution in [3.8, 4) is 0 Å². The Morgan fingerprint density at radius 2 is 1.76 bits per heavy atom. The highest BCUT2D eigenvalue weighted by Crippen LogP contribution is 2.26. The molecule has 1 N–H and O–H groups in total. The van der Waals surface area contributed by atoms with Crippen LogP contribution in [0.5, 0.6) is 0 Å². The first-order valence-corrected chi connectivity index (χ1v) is 7.14. The second kappa shape index (κ2) is 6.39. The Morgan fingerprint density at radius 3 is 2.41 bits per heavy atom. The third-order valence-corrected chi connectivity index (χ3v) is 4.28. The van der Waals surface area contributed by atoms with E-state index < -0.39 is 0 Å². The van der Waals surface area contributed by atoms with E-state index in [1.165, 1.54) is 44.9 Å². The molecule has 0 amide bonds. The molecule has 1 heterocycles. The normalized spacial score (nSPS) is 23.6. The highest BCUT2D eigenvalue weighted by atomic mass is 16.5. The lowest BCUT2D eigenvalue weighted by molar-refractivity contribution is 0.0607. The monoisotopic (exact) mass is 238 g/mol. The summed E-state index contributed by atoms with van der Waals surface area (Å²) in [6, 6.07) is 0. The van der Waals surface area contributed by atoms with Crippen molar-refractivity contribution in [2.75, 3.05) is 26.8 Å². The molecule has 17 heavy (non-hydrogen) atoms. The second-order valence-electron chi connectivity index (χ2n) is 5.66. The Bertz CT molecular complexity index is 243. The fourth-order valence-corrected chi connectivity index (χ4v) is 3.10. The van der Waals surface area contributed by atoms with Gasteiger partial charge in [-0.1, -0.05) is 19.3 Å². The zero-order valence-corrected chi connectivity index (χ0v) is 11.1. The van der Waals surface area contributed by atoms with E-state index in [0.29, 0.717) is 5.92 Å². The summed E-state index contributed by atoms with van der Waals surface area (Å²) in [4.78, 5) is 2.20. The summed E-state index contributed by atoms with van der Waals surface area (Å²) in [5.74, 6) is 2.16. The third-order valence-electron chi connectivity index (χ3n) is 4.28. The lowest BCUT2D eigenvalue weighted by atomic mass is 9.87. The number of amidine groups is 1. The van der Waals surface area contributed by atoms with E-state index >= 15 is 0 Å². The van der Waals surface area contributed by atoms with E-state index in [4.69, 9.17) is 10.1 Å². The van der Waals surface area contributed by atoms with Crippen LogP contribution in [0.2, 0.25) is 0 Å². The van der Waals surface area contributed by atoms with Gasteiger partial charge in [-0.3, -0.25) is 5.41 Å². The van der Waals surface area contributed by atoms with Crippen molar-refractivity contribution in [1.82, 2.24) is 4.90 Å². The van der Waals surface area contributed by atoms with Gasteiger partial charge < -0.3 is 9.64 Å². The molecule has 2 aliphatic rings. The Labute approximate surface area is 105 Å². The molecule has 0 bridgehead atoms. The third kappa shape index (κ3) is 3.70. The molecule has 0 radical (unpaired) electrons. The summed E-state index contributed by atoms with van der Waals surface area (Å²) < 4.78 is 5.39. The van der Waals surface area contributed by atoms with Crippen molar-refractivity contribution in [1.29, 1.82) is 5.41 Å². The molecule has 1 saturated carbocycles. The fraction of sp³-hybridized carbons (Fsp3) is 0.929. The molecule has 0 aromatic rings. The maximum absolute atomic E-state index is 8.30. The minimum Gasteiger partial charge on any atom is -0.381 e. The number of nitrogens with zero attached hydrogens (tertiary/aromatic N) is 1. The molecular weight excluding hydrogens is 212 g/mol. The van der Waals surface area contributed by atoms with Crippen molar-refractivity contribution in [3.05, 3.63) is 0 Å². The lowest BCUT2D eigenvalue weighted by Crippen LogP contribution is -2.38. The van der Waals surface area contributed by atoms with Gasteiger partial charge in [0.2, 0.25) is 0 Å². The first-order chi connectivity index (χ1) is 8.27. The van der Waals surface area contributed by atoms with Crippen LogP contribution < -0.4 is 0 Å². The van der Waals surface area contributed by atoms with Gasteiger partial charge in [0, 0.05) is 32.7 Å². The summed E-state index contributed by atoms with van der Waals surface area (Å²) in [6.45, 7) is 2.88. The standard InChI is InChI=1S/C14H26N2O/c1-16(11-12-7-9-17-10-8-12)14(15)13-5-3-2-4-6-13/h12-13,15H,2-11H2,1H3. The van der Waals surface area contributed by atoms with Gasteiger partial charge in [0.05, 0.1) is 5.84 Å². The molecule has 1 saturated heterocycles. The molecule has 3 nitrogen and oxygen atoms in total. The molecule has 1 aliphatic carbocycles. The summed E-state index contributed by atoms with van der Waals surface area (Å²) in [6.07, 6.45) is 8.81. The van der Waals surface area contributed by atoms with E-state index in [2.05, 4.69) is 11.9 Å². The number of nitrogens with one attached hydrogen (secondary N) is 1. The predicted octanol–water partition coefficient (Wildman–Crippen LogP) is 2.90. The molecule has 0 aromatic carbocycles. The maximum atomic E-state index is 8.30. The molecule has 0 aromatic heterocycles. The summed E-state index contributed by atoms with van der Waals surface area (Å²) in [7, 11) is 2.10. The van der Waals surface area contributed by atoms with Crippen LogP contribution in [0, 0.1) is 17.2 Å². The lowest BCUT2D eigenvalue weighted by Gasteiger charge is -2.33. The van der Waals surface area contributed by atoms with Crippen LogP contribution in [0.25, 0.3) is 0 Å². The largest absolute Gasteiger partial charge is 0.381 e.